The van der Waals surface area contributed by atoms with Gasteiger partial charge in [-0.05, 0) is 48.7 Å². The third-order valence-electron chi connectivity index (χ3n) is 6.27. The van der Waals surface area contributed by atoms with E-state index < -0.39 is 28.5 Å². The van der Waals surface area contributed by atoms with Crippen molar-refractivity contribution in [3.63, 3.8) is 0 Å². The molecule has 0 saturated heterocycles. The van der Waals surface area contributed by atoms with Crippen molar-refractivity contribution in [1.82, 2.24) is 10.2 Å². The molecule has 38 heavy (non-hydrogen) atoms. The topological polar surface area (TPSA) is 86.8 Å². The molecule has 0 saturated carbocycles. The number of hydrogen-bond acceptors (Lipinski definition) is 4. The van der Waals surface area contributed by atoms with Gasteiger partial charge in [-0.2, -0.15) is 0 Å². The van der Waals surface area contributed by atoms with E-state index in [2.05, 4.69) is 5.32 Å². The molecule has 0 bridgehead atoms. The lowest BCUT2D eigenvalue weighted by molar-refractivity contribution is -0.140. The molecule has 3 aromatic rings. The Morgan fingerprint density at radius 3 is 2.08 bits per heavy atom. The minimum Gasteiger partial charge on any atom is -0.357 e. The first-order valence-electron chi connectivity index (χ1n) is 12.2. The van der Waals surface area contributed by atoms with Crippen LogP contribution in [-0.4, -0.2) is 44.8 Å². The van der Waals surface area contributed by atoms with Gasteiger partial charge >= 0.3 is 0 Å². The van der Waals surface area contributed by atoms with Crippen molar-refractivity contribution in [2.24, 2.45) is 0 Å². The van der Waals surface area contributed by atoms with Gasteiger partial charge in [-0.1, -0.05) is 79.5 Å². The number of aryl methyl sites for hydroxylation is 1. The van der Waals surface area contributed by atoms with E-state index in [4.69, 9.17) is 23.2 Å². The number of hydrogen-bond donors (Lipinski definition) is 1. The molecule has 1 N–H and O–H groups in total. The lowest BCUT2D eigenvalue weighted by Gasteiger charge is -2.33. The van der Waals surface area contributed by atoms with Gasteiger partial charge in [0.25, 0.3) is 10.0 Å². The van der Waals surface area contributed by atoms with Crippen LogP contribution in [0.2, 0.25) is 10.0 Å². The SMILES string of the molecule is CCc1ccccc1N(CC(=O)N(Cc1c(Cl)cccc1Cl)[C@@H](CC)C(=O)NC)S(=O)(=O)c1ccccc1. The average Bonchev–Trinajstić information content (AvgIpc) is 2.93. The number of anilines is 1. The van der Waals surface area contributed by atoms with Gasteiger partial charge in [0.2, 0.25) is 11.8 Å². The summed E-state index contributed by atoms with van der Waals surface area (Å²) in [6.45, 7) is 3.10. The lowest BCUT2D eigenvalue weighted by Crippen LogP contribution is -2.52. The van der Waals surface area contributed by atoms with Crippen LogP contribution in [0.1, 0.15) is 31.4 Å². The highest BCUT2D eigenvalue weighted by molar-refractivity contribution is 7.92. The van der Waals surface area contributed by atoms with Crippen LogP contribution in [0, 0.1) is 0 Å². The Morgan fingerprint density at radius 1 is 0.895 bits per heavy atom. The van der Waals surface area contributed by atoms with E-state index in [0.717, 1.165) is 9.87 Å². The Bertz CT molecular complexity index is 1360. The molecule has 202 valence electrons. The molecule has 2 amide bonds. The molecular formula is C28H31Cl2N3O4S. The van der Waals surface area contributed by atoms with Gasteiger partial charge in [-0.25, -0.2) is 8.42 Å². The first-order chi connectivity index (χ1) is 18.1. The smallest absolute Gasteiger partial charge is 0.264 e. The van der Waals surface area contributed by atoms with Gasteiger partial charge in [-0.3, -0.25) is 13.9 Å². The summed E-state index contributed by atoms with van der Waals surface area (Å²) in [6, 6.07) is 19.1. The van der Waals surface area contributed by atoms with Crippen molar-refractivity contribution >= 4 is 50.7 Å². The van der Waals surface area contributed by atoms with Crippen LogP contribution < -0.4 is 9.62 Å². The summed E-state index contributed by atoms with van der Waals surface area (Å²) in [6.07, 6.45) is 0.852. The Morgan fingerprint density at radius 2 is 1.50 bits per heavy atom. The van der Waals surface area contributed by atoms with Crippen LogP contribution in [0.3, 0.4) is 0 Å². The standard InChI is InChI=1S/C28H31Cl2N3O4S/c1-4-20-12-9-10-17-26(20)33(38(36,37)21-13-7-6-8-14-21)19-27(34)32(25(5-2)28(35)31-3)18-22-23(29)15-11-16-24(22)30/h6-17,25H,4-5,18-19H2,1-3H3,(H,31,35)/t25-/m0/s1. The number of benzene rings is 3. The van der Waals surface area contributed by atoms with Gasteiger partial charge in [0.15, 0.2) is 0 Å². The zero-order valence-corrected chi connectivity index (χ0v) is 23.9. The predicted molar refractivity (Wildman–Crippen MR) is 152 cm³/mol. The molecule has 0 aliphatic rings. The zero-order chi connectivity index (χ0) is 27.9. The number of rotatable bonds is 11. The molecule has 1 atom stereocenters. The van der Waals surface area contributed by atoms with E-state index in [9.17, 15) is 18.0 Å². The Hall–Kier alpha value is -3.07. The first kappa shape index (κ1) is 29.5. The van der Waals surface area contributed by atoms with Crippen molar-refractivity contribution in [1.29, 1.82) is 0 Å². The Kier molecular flexibility index (Phi) is 10.2. The molecule has 3 aromatic carbocycles. The molecule has 0 fully saturated rings. The molecule has 3 rings (SSSR count). The van der Waals surface area contributed by atoms with Crippen molar-refractivity contribution < 1.29 is 18.0 Å². The molecule has 0 unspecified atom stereocenters. The van der Waals surface area contributed by atoms with Gasteiger partial charge in [0.1, 0.15) is 12.6 Å². The normalized spacial score (nSPS) is 12.0. The second kappa shape index (κ2) is 13.1. The van der Waals surface area contributed by atoms with Crippen molar-refractivity contribution in [3.05, 3.63) is 94.0 Å². The number of carbonyl (C=O) groups excluding carboxylic acids is 2. The van der Waals surface area contributed by atoms with Gasteiger partial charge in [0.05, 0.1) is 10.6 Å². The van der Waals surface area contributed by atoms with Crippen LogP contribution in [-0.2, 0) is 32.6 Å². The second-order valence-corrected chi connectivity index (χ2v) is 11.2. The fourth-order valence-electron chi connectivity index (χ4n) is 4.23. The molecule has 0 spiro atoms. The molecule has 7 nitrogen and oxygen atoms in total. The quantitative estimate of drug-likeness (QED) is 0.336. The number of nitrogens with zero attached hydrogens (tertiary/aromatic N) is 2. The fraction of sp³-hybridized carbons (Fsp3) is 0.286. The maximum atomic E-state index is 14.0. The maximum absolute atomic E-state index is 14.0. The number of nitrogens with one attached hydrogen (secondary N) is 1. The predicted octanol–water partition coefficient (Wildman–Crippen LogP) is 5.30. The monoisotopic (exact) mass is 575 g/mol. The lowest BCUT2D eigenvalue weighted by atomic mass is 10.1. The molecule has 0 aliphatic carbocycles. The summed E-state index contributed by atoms with van der Waals surface area (Å²) in [5.41, 5.74) is 1.63. The summed E-state index contributed by atoms with van der Waals surface area (Å²) in [4.78, 5) is 28.2. The summed E-state index contributed by atoms with van der Waals surface area (Å²) in [5.74, 6) is -0.947. The van der Waals surface area contributed by atoms with Crippen LogP contribution in [0.5, 0.6) is 0 Å². The average molecular weight is 577 g/mol. The van der Waals surface area contributed by atoms with E-state index in [1.165, 1.54) is 24.1 Å². The second-order valence-electron chi connectivity index (χ2n) is 8.57. The van der Waals surface area contributed by atoms with E-state index >= 15 is 0 Å². The van der Waals surface area contributed by atoms with Gasteiger partial charge < -0.3 is 10.2 Å². The highest BCUT2D eigenvalue weighted by Crippen LogP contribution is 2.30. The summed E-state index contributed by atoms with van der Waals surface area (Å²) >= 11 is 12.8. The van der Waals surface area contributed by atoms with Crippen molar-refractivity contribution in [3.8, 4) is 0 Å². The summed E-state index contributed by atoms with van der Waals surface area (Å²) in [7, 11) is -2.64. The van der Waals surface area contributed by atoms with E-state index in [1.807, 2.05) is 19.1 Å². The van der Waals surface area contributed by atoms with Crippen LogP contribution in [0.4, 0.5) is 5.69 Å². The molecule has 0 heterocycles. The number of carbonyl (C=O) groups is 2. The number of halogens is 2. The minimum absolute atomic E-state index is 0.0535. The number of likely N-dealkylation sites (N-methyl/N-ethyl adjacent to an activating group) is 1. The van der Waals surface area contributed by atoms with Crippen LogP contribution >= 0.6 is 23.2 Å². The van der Waals surface area contributed by atoms with E-state index in [0.29, 0.717) is 34.1 Å². The van der Waals surface area contributed by atoms with Crippen LogP contribution in [0.15, 0.2) is 77.7 Å². The van der Waals surface area contributed by atoms with E-state index in [-0.39, 0.29) is 17.3 Å². The third-order valence-corrected chi connectivity index (χ3v) is 8.76. The molecule has 10 heteroatoms. The molecule has 0 aliphatic heterocycles. The highest BCUT2D eigenvalue weighted by atomic mass is 35.5. The Labute approximate surface area is 234 Å². The summed E-state index contributed by atoms with van der Waals surface area (Å²) in [5, 5.41) is 3.27. The Balaban J connectivity index is 2.13. The third kappa shape index (κ3) is 6.49. The van der Waals surface area contributed by atoms with Crippen molar-refractivity contribution in [2.45, 2.75) is 44.2 Å². The highest BCUT2D eigenvalue weighted by Gasteiger charge is 2.34. The minimum atomic E-state index is -4.13. The van der Waals surface area contributed by atoms with Crippen LogP contribution in [0.25, 0.3) is 0 Å². The van der Waals surface area contributed by atoms with E-state index in [1.54, 1.807) is 55.5 Å². The maximum Gasteiger partial charge on any atom is 0.264 e. The number of para-hydroxylation sites is 1. The summed E-state index contributed by atoms with van der Waals surface area (Å²) < 4.78 is 28.9. The first-order valence-corrected chi connectivity index (χ1v) is 14.4. The number of sulfonamides is 1. The largest absolute Gasteiger partial charge is 0.357 e. The fourth-order valence-corrected chi connectivity index (χ4v) is 6.22. The zero-order valence-electron chi connectivity index (χ0n) is 21.5. The van der Waals surface area contributed by atoms with Gasteiger partial charge in [-0.15, -0.1) is 0 Å². The number of amides is 2. The molecule has 0 radical (unpaired) electrons. The molecular weight excluding hydrogens is 545 g/mol. The van der Waals surface area contributed by atoms with Crippen molar-refractivity contribution in [2.75, 3.05) is 17.9 Å². The van der Waals surface area contributed by atoms with Gasteiger partial charge in [0, 0.05) is 29.2 Å². The molecule has 0 aromatic heterocycles.